The van der Waals surface area contributed by atoms with Gasteiger partial charge in [0, 0.05) is 11.3 Å². The lowest BCUT2D eigenvalue weighted by atomic mass is 10.0. The highest BCUT2D eigenvalue weighted by Gasteiger charge is 2.15. The van der Waals surface area contributed by atoms with Crippen molar-refractivity contribution in [2.45, 2.75) is 46.0 Å². The van der Waals surface area contributed by atoms with Gasteiger partial charge in [-0.1, -0.05) is 63.4 Å². The zero-order valence-electron chi connectivity index (χ0n) is 13.3. The number of hydrogen-bond acceptors (Lipinski definition) is 3. The zero-order chi connectivity index (χ0) is 15.1. The van der Waals surface area contributed by atoms with Crippen LogP contribution in [0.4, 0.5) is 0 Å². The van der Waals surface area contributed by atoms with E-state index in [1.165, 1.54) is 0 Å². The zero-order valence-corrected chi connectivity index (χ0v) is 15.6. The molecule has 0 spiro atoms. The van der Waals surface area contributed by atoms with Gasteiger partial charge < -0.3 is 4.34 Å². The minimum absolute atomic E-state index is 0.169. The van der Waals surface area contributed by atoms with Crippen molar-refractivity contribution in [3.63, 3.8) is 0 Å². The van der Waals surface area contributed by atoms with Crippen molar-refractivity contribution >= 4 is 29.4 Å². The molecular weight excluding hydrogens is 280 g/mol. The molecule has 0 bridgehead atoms. The Bertz CT molecular complexity index is 450. The Balaban J connectivity index is 2.83. The Hall–Kier alpha value is -1.21. The summed E-state index contributed by atoms with van der Waals surface area (Å²) < 4.78 is 2.34. The van der Waals surface area contributed by atoms with E-state index in [4.69, 9.17) is 5.10 Å². The van der Waals surface area contributed by atoms with Crippen molar-refractivity contribution in [2.24, 2.45) is 5.10 Å². The summed E-state index contributed by atoms with van der Waals surface area (Å²) in [5, 5.41) is 4.81. The second-order valence-electron chi connectivity index (χ2n) is 5.55. The van der Waals surface area contributed by atoms with Gasteiger partial charge in [0.15, 0.2) is 5.78 Å². The Kier molecular flexibility index (Phi) is 6.88. The van der Waals surface area contributed by atoms with Crippen molar-refractivity contribution in [2.75, 3.05) is 0 Å². The molecule has 0 heterocycles. The Morgan fingerprint density at radius 1 is 1.10 bits per heavy atom. The molecule has 110 valence electrons. The molecule has 0 radical (unpaired) electrons. The van der Waals surface area contributed by atoms with Crippen LogP contribution in [0.3, 0.4) is 0 Å². The third-order valence-electron chi connectivity index (χ3n) is 3.18. The summed E-state index contributed by atoms with van der Waals surface area (Å²) in [6.07, 6.45) is 1.29. The molecular formula is C15H26N2OSi2. The molecule has 1 aromatic carbocycles. The second-order valence-corrected chi connectivity index (χ2v) is 11.6. The average molecular weight is 307 g/mol. The van der Waals surface area contributed by atoms with Crippen molar-refractivity contribution in [1.29, 1.82) is 0 Å². The van der Waals surface area contributed by atoms with Gasteiger partial charge >= 0.3 is 0 Å². The molecule has 1 aromatic rings. The molecule has 0 atom stereocenters. The Labute approximate surface area is 126 Å². The van der Waals surface area contributed by atoms with Gasteiger partial charge in [-0.05, 0) is 6.42 Å². The van der Waals surface area contributed by atoms with E-state index in [-0.39, 0.29) is 5.78 Å². The highest BCUT2D eigenvalue weighted by molar-refractivity contribution is 6.69. The van der Waals surface area contributed by atoms with Gasteiger partial charge in [0.2, 0.25) is 0 Å². The normalized spacial score (nSPS) is 12.1. The van der Waals surface area contributed by atoms with Crippen molar-refractivity contribution < 1.29 is 4.79 Å². The second kappa shape index (κ2) is 8.16. The van der Waals surface area contributed by atoms with Crippen LogP contribution in [-0.4, -0.2) is 33.8 Å². The maximum Gasteiger partial charge on any atom is 0.168 e. The van der Waals surface area contributed by atoms with Crippen LogP contribution in [-0.2, 0) is 0 Å². The summed E-state index contributed by atoms with van der Waals surface area (Å²) >= 11 is 0. The number of Topliss-reactive ketones (excluding diaryl/α,β-unsaturated/α-hetero) is 1. The maximum atomic E-state index is 12.3. The number of carbonyl (C=O) groups excluding carboxylic acids is 1. The Morgan fingerprint density at radius 3 is 2.10 bits per heavy atom. The molecule has 0 saturated heterocycles. The van der Waals surface area contributed by atoms with Crippen LogP contribution in [0.2, 0.25) is 26.2 Å². The molecule has 0 aromatic heterocycles. The molecule has 0 aliphatic rings. The third kappa shape index (κ3) is 5.05. The van der Waals surface area contributed by atoms with Gasteiger partial charge in [-0.2, -0.15) is 0 Å². The molecule has 0 amide bonds. The van der Waals surface area contributed by atoms with E-state index >= 15 is 0 Å². The standard InChI is InChI=1S/C15H26N2OSi2/c1-6-14(16-17(19(2)3)20(4)5)12-15(18)13-10-8-7-9-11-13/h7-11,19-20H,6,12H2,1-5H3. The summed E-state index contributed by atoms with van der Waals surface area (Å²) in [6, 6.07) is 9.50. The van der Waals surface area contributed by atoms with E-state index < -0.39 is 17.9 Å². The monoisotopic (exact) mass is 306 g/mol. The summed E-state index contributed by atoms with van der Waals surface area (Å²) in [4.78, 5) is 12.3. The van der Waals surface area contributed by atoms with E-state index in [2.05, 4.69) is 37.5 Å². The molecule has 20 heavy (non-hydrogen) atoms. The molecule has 0 unspecified atom stereocenters. The van der Waals surface area contributed by atoms with E-state index in [1.807, 2.05) is 30.3 Å². The highest BCUT2D eigenvalue weighted by Crippen LogP contribution is 2.08. The van der Waals surface area contributed by atoms with E-state index in [1.54, 1.807) is 0 Å². The number of rotatable bonds is 7. The van der Waals surface area contributed by atoms with Crippen molar-refractivity contribution in [3.8, 4) is 0 Å². The SMILES string of the molecule is CCC(CC(=O)c1ccccc1)=NN([SiH](C)C)[SiH](C)C. The number of hydrazone groups is 1. The lowest BCUT2D eigenvalue weighted by Gasteiger charge is -2.28. The number of nitrogens with zero attached hydrogens (tertiary/aromatic N) is 2. The third-order valence-corrected chi connectivity index (χ3v) is 9.11. The fraction of sp³-hybridized carbons (Fsp3) is 0.467. The van der Waals surface area contributed by atoms with Gasteiger partial charge in [0.1, 0.15) is 17.9 Å². The quantitative estimate of drug-likeness (QED) is 0.335. The largest absolute Gasteiger partial charge is 0.355 e. The smallest absolute Gasteiger partial charge is 0.168 e. The van der Waals surface area contributed by atoms with E-state index in [0.29, 0.717) is 6.42 Å². The summed E-state index contributed by atoms with van der Waals surface area (Å²) in [6.45, 7) is 11.3. The van der Waals surface area contributed by atoms with Gasteiger partial charge in [-0.15, -0.1) is 0 Å². The predicted molar refractivity (Wildman–Crippen MR) is 92.7 cm³/mol. The van der Waals surface area contributed by atoms with Crippen LogP contribution < -0.4 is 0 Å². The minimum Gasteiger partial charge on any atom is -0.355 e. The lowest BCUT2D eigenvalue weighted by Crippen LogP contribution is -2.39. The fourth-order valence-corrected chi connectivity index (χ4v) is 7.69. The van der Waals surface area contributed by atoms with Crippen LogP contribution in [0.15, 0.2) is 35.4 Å². The van der Waals surface area contributed by atoms with Crippen LogP contribution in [0.5, 0.6) is 0 Å². The molecule has 0 saturated carbocycles. The molecule has 0 N–H and O–H groups in total. The summed E-state index contributed by atoms with van der Waals surface area (Å²) in [5.41, 5.74) is 1.80. The number of hydrogen-bond donors (Lipinski definition) is 0. The minimum atomic E-state index is -0.936. The van der Waals surface area contributed by atoms with Crippen LogP contribution >= 0.6 is 0 Å². The Morgan fingerprint density at radius 2 is 1.65 bits per heavy atom. The molecule has 0 aliphatic carbocycles. The van der Waals surface area contributed by atoms with Crippen LogP contribution in [0.1, 0.15) is 30.1 Å². The van der Waals surface area contributed by atoms with Crippen LogP contribution in [0.25, 0.3) is 0 Å². The summed E-state index contributed by atoms with van der Waals surface area (Å²) in [7, 11) is -1.87. The fourth-order valence-electron chi connectivity index (χ4n) is 2.13. The molecule has 3 nitrogen and oxygen atoms in total. The van der Waals surface area contributed by atoms with E-state index in [0.717, 1.165) is 17.7 Å². The molecule has 0 aliphatic heterocycles. The first-order valence-corrected chi connectivity index (χ1v) is 13.0. The summed E-state index contributed by atoms with van der Waals surface area (Å²) in [5.74, 6) is 0.169. The lowest BCUT2D eigenvalue weighted by molar-refractivity contribution is 0.1000. The van der Waals surface area contributed by atoms with Gasteiger partial charge in [0.25, 0.3) is 0 Å². The number of ketones is 1. The molecule has 5 heteroatoms. The van der Waals surface area contributed by atoms with Crippen molar-refractivity contribution in [3.05, 3.63) is 35.9 Å². The average Bonchev–Trinajstić information content (AvgIpc) is 2.43. The predicted octanol–water partition coefficient (Wildman–Crippen LogP) is 3.29. The first-order chi connectivity index (χ1) is 9.45. The number of carbonyl (C=O) groups is 1. The maximum absolute atomic E-state index is 12.3. The molecule has 1 rings (SSSR count). The topological polar surface area (TPSA) is 32.7 Å². The highest BCUT2D eigenvalue weighted by atomic mass is 28.3. The van der Waals surface area contributed by atoms with Gasteiger partial charge in [-0.3, -0.25) is 4.79 Å². The first kappa shape index (κ1) is 16.8. The first-order valence-electron chi connectivity index (χ1n) is 7.38. The number of benzene rings is 1. The van der Waals surface area contributed by atoms with Gasteiger partial charge in [-0.25, -0.2) is 5.10 Å². The van der Waals surface area contributed by atoms with Crippen molar-refractivity contribution in [1.82, 2.24) is 4.34 Å². The van der Waals surface area contributed by atoms with Gasteiger partial charge in [0.05, 0.1) is 6.42 Å². The molecule has 0 fully saturated rings. The van der Waals surface area contributed by atoms with Crippen LogP contribution in [0, 0.1) is 0 Å². The van der Waals surface area contributed by atoms with E-state index in [9.17, 15) is 4.79 Å².